The van der Waals surface area contributed by atoms with Crippen LogP contribution in [0.4, 0.5) is 0 Å². The molecule has 1 N–H and O–H groups in total. The average molecular weight is 231 g/mol. The van der Waals surface area contributed by atoms with Crippen LogP contribution in [0.25, 0.3) is 0 Å². The molecule has 0 spiro atoms. The smallest absolute Gasteiger partial charge is 0.0937 e. The van der Waals surface area contributed by atoms with Gasteiger partial charge in [-0.05, 0) is 19.5 Å². The molecular weight excluding hydrogens is 214 g/mol. The molecule has 17 heavy (non-hydrogen) atoms. The van der Waals surface area contributed by atoms with Crippen molar-refractivity contribution in [3.8, 4) is 0 Å². The first-order chi connectivity index (χ1) is 8.22. The van der Waals surface area contributed by atoms with Crippen molar-refractivity contribution in [1.82, 2.24) is 25.1 Å². The Balaban J connectivity index is 2.35. The Bertz CT molecular complexity index is 474. The van der Waals surface area contributed by atoms with Gasteiger partial charge >= 0.3 is 0 Å². The molecule has 0 aromatic carbocycles. The summed E-state index contributed by atoms with van der Waals surface area (Å²) in [5.41, 5.74) is 2.93. The molecule has 0 radical (unpaired) electrons. The highest BCUT2D eigenvalue weighted by atomic mass is 15.3. The highest BCUT2D eigenvalue weighted by Crippen LogP contribution is 2.18. The second kappa shape index (κ2) is 5.05. The lowest BCUT2D eigenvalue weighted by Crippen LogP contribution is -2.25. The monoisotopic (exact) mass is 231 g/mol. The summed E-state index contributed by atoms with van der Waals surface area (Å²) in [7, 11) is 1.93. The van der Waals surface area contributed by atoms with E-state index in [1.54, 1.807) is 12.4 Å². The van der Waals surface area contributed by atoms with Crippen LogP contribution in [0.15, 0.2) is 24.7 Å². The molecule has 2 heterocycles. The van der Waals surface area contributed by atoms with Crippen molar-refractivity contribution >= 4 is 0 Å². The average Bonchev–Trinajstić information content (AvgIpc) is 2.74. The second-order valence-corrected chi connectivity index (χ2v) is 3.95. The topological polar surface area (TPSA) is 55.6 Å². The van der Waals surface area contributed by atoms with Gasteiger partial charge in [-0.25, -0.2) is 0 Å². The molecule has 2 aromatic rings. The van der Waals surface area contributed by atoms with Crippen molar-refractivity contribution in [2.24, 2.45) is 7.05 Å². The van der Waals surface area contributed by atoms with Crippen LogP contribution in [-0.2, 0) is 7.05 Å². The maximum atomic E-state index is 4.43. The van der Waals surface area contributed by atoms with Crippen LogP contribution >= 0.6 is 0 Å². The van der Waals surface area contributed by atoms with Gasteiger partial charge in [-0.3, -0.25) is 14.6 Å². The Morgan fingerprint density at radius 2 is 2.18 bits per heavy atom. The van der Waals surface area contributed by atoms with Crippen molar-refractivity contribution in [3.05, 3.63) is 41.7 Å². The molecule has 0 aliphatic rings. The zero-order valence-corrected chi connectivity index (χ0v) is 10.4. The fourth-order valence-electron chi connectivity index (χ4n) is 1.78. The molecule has 2 rings (SSSR count). The Morgan fingerprint density at radius 1 is 1.35 bits per heavy atom. The van der Waals surface area contributed by atoms with E-state index in [2.05, 4.69) is 27.3 Å². The van der Waals surface area contributed by atoms with Gasteiger partial charge in [0.05, 0.1) is 29.3 Å². The molecule has 5 nitrogen and oxygen atoms in total. The second-order valence-electron chi connectivity index (χ2n) is 3.95. The van der Waals surface area contributed by atoms with E-state index in [-0.39, 0.29) is 6.04 Å². The van der Waals surface area contributed by atoms with Gasteiger partial charge in [0.2, 0.25) is 0 Å². The third-order valence-electron chi connectivity index (χ3n) is 2.66. The lowest BCUT2D eigenvalue weighted by Gasteiger charge is -2.17. The molecule has 0 aliphatic carbocycles. The lowest BCUT2D eigenvalue weighted by atomic mass is 10.1. The first kappa shape index (κ1) is 11.7. The summed E-state index contributed by atoms with van der Waals surface area (Å²) in [4.78, 5) is 8.72. The van der Waals surface area contributed by atoms with Crippen LogP contribution in [0.5, 0.6) is 0 Å². The molecule has 0 saturated heterocycles. The molecule has 0 aliphatic heterocycles. The van der Waals surface area contributed by atoms with Gasteiger partial charge < -0.3 is 5.32 Å². The van der Waals surface area contributed by atoms with E-state index in [4.69, 9.17) is 0 Å². The normalized spacial score (nSPS) is 12.6. The van der Waals surface area contributed by atoms with Crippen molar-refractivity contribution in [3.63, 3.8) is 0 Å². The van der Waals surface area contributed by atoms with E-state index in [0.29, 0.717) is 0 Å². The van der Waals surface area contributed by atoms with Gasteiger partial charge in [0.1, 0.15) is 0 Å². The quantitative estimate of drug-likeness (QED) is 0.859. The molecule has 0 saturated carbocycles. The molecular formula is C12H17N5. The number of aryl methyl sites for hydroxylation is 2. The van der Waals surface area contributed by atoms with E-state index in [1.165, 1.54) is 0 Å². The van der Waals surface area contributed by atoms with E-state index >= 15 is 0 Å². The van der Waals surface area contributed by atoms with E-state index in [1.807, 2.05) is 30.9 Å². The molecule has 90 valence electrons. The summed E-state index contributed by atoms with van der Waals surface area (Å²) < 4.78 is 1.86. The van der Waals surface area contributed by atoms with Crippen LogP contribution < -0.4 is 5.32 Å². The van der Waals surface area contributed by atoms with Crippen molar-refractivity contribution in [2.75, 3.05) is 6.54 Å². The summed E-state index contributed by atoms with van der Waals surface area (Å²) >= 11 is 0. The standard InChI is InChI=1S/C12H17N5/c1-4-13-12(11-5-6-16-17(11)3)10-8-14-9(2)7-15-10/h5-8,12-13H,4H2,1-3H3. The summed E-state index contributed by atoms with van der Waals surface area (Å²) in [6.07, 6.45) is 5.40. The van der Waals surface area contributed by atoms with Crippen molar-refractivity contribution < 1.29 is 0 Å². The predicted molar refractivity (Wildman–Crippen MR) is 65.5 cm³/mol. The largest absolute Gasteiger partial charge is 0.304 e. The summed E-state index contributed by atoms with van der Waals surface area (Å²) in [5, 5.41) is 7.59. The van der Waals surface area contributed by atoms with Crippen LogP contribution in [0.2, 0.25) is 0 Å². The number of hydrogen-bond donors (Lipinski definition) is 1. The maximum absolute atomic E-state index is 4.43. The Kier molecular flexibility index (Phi) is 3.49. The number of nitrogens with one attached hydrogen (secondary N) is 1. The minimum atomic E-state index is 0.0422. The zero-order valence-electron chi connectivity index (χ0n) is 10.4. The molecule has 2 aromatic heterocycles. The SMILES string of the molecule is CCNC(c1cnc(C)cn1)c1ccnn1C. The predicted octanol–water partition coefficient (Wildman–Crippen LogP) is 1.22. The third kappa shape index (κ3) is 2.50. The fourth-order valence-corrected chi connectivity index (χ4v) is 1.78. The molecule has 1 atom stereocenters. The van der Waals surface area contributed by atoms with Gasteiger partial charge in [-0.2, -0.15) is 5.10 Å². The van der Waals surface area contributed by atoms with E-state index in [9.17, 15) is 0 Å². The molecule has 0 bridgehead atoms. The minimum absolute atomic E-state index is 0.0422. The van der Waals surface area contributed by atoms with Crippen LogP contribution in [0.3, 0.4) is 0 Å². The Labute approximate surface area is 101 Å². The molecule has 5 heteroatoms. The molecule has 1 unspecified atom stereocenters. The first-order valence-electron chi connectivity index (χ1n) is 5.72. The van der Waals surface area contributed by atoms with Crippen LogP contribution in [0, 0.1) is 6.92 Å². The van der Waals surface area contributed by atoms with Gasteiger partial charge in [-0.15, -0.1) is 0 Å². The van der Waals surface area contributed by atoms with Gasteiger partial charge in [0, 0.05) is 19.4 Å². The summed E-state index contributed by atoms with van der Waals surface area (Å²) in [6, 6.07) is 2.04. The number of rotatable bonds is 4. The maximum Gasteiger partial charge on any atom is 0.0937 e. The Hall–Kier alpha value is -1.75. The molecule has 0 fully saturated rings. The third-order valence-corrected chi connectivity index (χ3v) is 2.66. The number of aromatic nitrogens is 4. The van der Waals surface area contributed by atoms with Gasteiger partial charge in [-0.1, -0.05) is 6.92 Å². The summed E-state index contributed by atoms with van der Waals surface area (Å²) in [6.45, 7) is 4.87. The number of nitrogens with zero attached hydrogens (tertiary/aromatic N) is 4. The number of hydrogen-bond acceptors (Lipinski definition) is 4. The lowest BCUT2D eigenvalue weighted by molar-refractivity contribution is 0.559. The highest BCUT2D eigenvalue weighted by molar-refractivity contribution is 5.20. The van der Waals surface area contributed by atoms with Crippen molar-refractivity contribution in [1.29, 1.82) is 0 Å². The van der Waals surface area contributed by atoms with E-state index < -0.39 is 0 Å². The minimum Gasteiger partial charge on any atom is -0.304 e. The summed E-state index contributed by atoms with van der Waals surface area (Å²) in [5.74, 6) is 0. The van der Waals surface area contributed by atoms with Crippen molar-refractivity contribution in [2.45, 2.75) is 19.9 Å². The Morgan fingerprint density at radius 3 is 2.71 bits per heavy atom. The highest BCUT2D eigenvalue weighted by Gasteiger charge is 2.17. The van der Waals surface area contributed by atoms with Crippen LogP contribution in [0.1, 0.15) is 30.0 Å². The first-order valence-corrected chi connectivity index (χ1v) is 5.72. The zero-order chi connectivity index (χ0) is 12.3. The fraction of sp³-hybridized carbons (Fsp3) is 0.417. The van der Waals surface area contributed by atoms with Gasteiger partial charge in [0.25, 0.3) is 0 Å². The molecule has 0 amide bonds. The van der Waals surface area contributed by atoms with Crippen LogP contribution in [-0.4, -0.2) is 26.3 Å². The van der Waals surface area contributed by atoms with E-state index in [0.717, 1.165) is 23.6 Å². The van der Waals surface area contributed by atoms with Gasteiger partial charge in [0.15, 0.2) is 0 Å².